The topological polar surface area (TPSA) is 113 Å². The summed E-state index contributed by atoms with van der Waals surface area (Å²) >= 11 is 0. The van der Waals surface area contributed by atoms with Crippen LogP contribution in [-0.2, 0) is 13.4 Å². The van der Waals surface area contributed by atoms with Gasteiger partial charge in [-0.1, -0.05) is 0 Å². The summed E-state index contributed by atoms with van der Waals surface area (Å²) in [6, 6.07) is 0. The molecule has 0 heterocycles. The highest BCUT2D eigenvalue weighted by atomic mass is 31.2. The van der Waals surface area contributed by atoms with Gasteiger partial charge in [-0.05, 0) is 8.88 Å². The van der Waals surface area contributed by atoms with Crippen molar-refractivity contribution in [1.82, 2.24) is 0 Å². The molecule has 2 atom stereocenters. The van der Waals surface area contributed by atoms with Crippen molar-refractivity contribution in [2.75, 3.05) is 0 Å². The third-order valence-electron chi connectivity index (χ3n) is 0.184. The first-order chi connectivity index (χ1) is 3.42. The minimum Gasteiger partial charge on any atom is -0.566 e. The molecule has 0 aromatic rings. The van der Waals surface area contributed by atoms with Crippen molar-refractivity contribution in [3.63, 3.8) is 0 Å². The van der Waals surface area contributed by atoms with Crippen molar-refractivity contribution >= 4 is 16.0 Å². The first-order valence-electron chi connectivity index (χ1n) is 1.37. The molecule has 0 amide bonds. The lowest BCUT2D eigenvalue weighted by Crippen LogP contribution is -1.96. The second-order valence-electron chi connectivity index (χ2n) is 0.869. The van der Waals surface area contributed by atoms with E-state index in [1.54, 1.807) is 0 Å². The zero-order valence-electron chi connectivity index (χ0n) is 3.55. The van der Waals surface area contributed by atoms with Crippen molar-refractivity contribution in [3.8, 4) is 0 Å². The van der Waals surface area contributed by atoms with Gasteiger partial charge in [0, 0.05) is 0 Å². The average molecular weight is 159 g/mol. The fourth-order valence-corrected chi connectivity index (χ4v) is 0.860. The first-order valence-corrected chi connectivity index (χ1v) is 4.11. The molecule has 0 aliphatic rings. The van der Waals surface area contributed by atoms with E-state index in [9.17, 15) is 14.0 Å². The van der Waals surface area contributed by atoms with Crippen molar-refractivity contribution in [2.24, 2.45) is 5.50 Å². The Morgan fingerprint density at radius 2 is 2.25 bits per heavy atom. The summed E-state index contributed by atoms with van der Waals surface area (Å²) in [4.78, 5) is 17.3. The molecule has 0 saturated carbocycles. The van der Waals surface area contributed by atoms with E-state index in [1.807, 2.05) is 0 Å². The molecule has 0 spiro atoms. The maximum absolute atomic E-state index is 9.75. The molecule has 0 aromatic heterocycles. The normalized spacial score (nSPS) is 19.6. The van der Waals surface area contributed by atoms with E-state index in [2.05, 4.69) is 9.81 Å². The zero-order chi connectivity index (χ0) is 6.78. The van der Waals surface area contributed by atoms with Gasteiger partial charge in [-0.15, -0.1) is 0 Å². The Morgan fingerprint density at radius 1 is 1.88 bits per heavy atom. The first kappa shape index (κ1) is 8.17. The van der Waals surface area contributed by atoms with Crippen LogP contribution in [0.3, 0.4) is 0 Å². The highest BCUT2D eigenvalue weighted by Gasteiger charge is 2.20. The van der Waals surface area contributed by atoms with Crippen LogP contribution < -0.4 is 10.4 Å². The van der Waals surface area contributed by atoms with Crippen LogP contribution in [0.1, 0.15) is 0 Å². The van der Waals surface area contributed by atoms with Crippen LogP contribution in [-0.4, -0.2) is 4.89 Å². The van der Waals surface area contributed by atoms with Gasteiger partial charge in [0.25, 0.3) is 0 Å². The van der Waals surface area contributed by atoms with E-state index >= 15 is 0 Å². The average Bonchev–Trinajstić information content (AvgIpc) is 1.21. The summed E-state index contributed by atoms with van der Waals surface area (Å²) in [5.74, 6) is 0. The van der Waals surface area contributed by atoms with Gasteiger partial charge in [0.15, 0.2) is 0 Å². The predicted molar refractivity (Wildman–Crippen MR) is 22.7 cm³/mol. The van der Waals surface area contributed by atoms with Gasteiger partial charge in [0.05, 0.1) is 0 Å². The smallest absolute Gasteiger partial charge is 0.498 e. The van der Waals surface area contributed by atoms with E-state index < -0.39 is 16.0 Å². The Morgan fingerprint density at radius 3 is 2.25 bits per heavy atom. The Balaban J connectivity index is 3.74. The van der Waals surface area contributed by atoms with Crippen molar-refractivity contribution in [3.05, 3.63) is 0 Å². The summed E-state index contributed by atoms with van der Waals surface area (Å²) in [5, 5.41) is 0. The van der Waals surface area contributed by atoms with Crippen LogP contribution in [0, 0.1) is 0 Å². The van der Waals surface area contributed by atoms with E-state index in [0.717, 1.165) is 0 Å². The second-order valence-corrected chi connectivity index (χ2v) is 3.10. The molecule has 0 bridgehead atoms. The number of rotatable bonds is 2. The number of nitrogens with two attached hydrogens (primary N) is 1. The lowest BCUT2D eigenvalue weighted by molar-refractivity contribution is -0.178. The fourth-order valence-electron chi connectivity index (χ4n) is 0.0955. The standard InChI is InChI=1S/H3NO5P2/c1-8(4,5)6-7(2)3/h(H3,1,4,5). The van der Waals surface area contributed by atoms with Crippen LogP contribution in [0.2, 0.25) is 0 Å². The Hall–Kier alpha value is 0.170. The van der Waals surface area contributed by atoms with Gasteiger partial charge in [0.1, 0.15) is 0 Å². The van der Waals surface area contributed by atoms with Crippen LogP contribution in [0.15, 0.2) is 0 Å². The summed E-state index contributed by atoms with van der Waals surface area (Å²) in [7, 11) is -7.64. The zero-order valence-corrected chi connectivity index (χ0v) is 5.34. The largest absolute Gasteiger partial charge is 0.566 e. The second kappa shape index (κ2) is 2.64. The third kappa shape index (κ3) is 6.17. The quantitative estimate of drug-likeness (QED) is 0.503. The molecular formula is H3NO5P2. The van der Waals surface area contributed by atoms with Gasteiger partial charge in [-0.3, -0.25) is 0 Å². The minimum absolute atomic E-state index is 3.28. The van der Waals surface area contributed by atoms with Crippen LogP contribution >= 0.6 is 16.0 Å². The van der Waals surface area contributed by atoms with Gasteiger partial charge in [-0.2, -0.15) is 0 Å². The lowest BCUT2D eigenvalue weighted by atomic mass is 13.9. The van der Waals surface area contributed by atoms with Crippen LogP contribution in [0.25, 0.3) is 0 Å². The summed E-state index contributed by atoms with van der Waals surface area (Å²) in [6.07, 6.45) is 0. The van der Waals surface area contributed by atoms with Gasteiger partial charge in [0.2, 0.25) is 0 Å². The third-order valence-corrected chi connectivity index (χ3v) is 1.65. The lowest BCUT2D eigenvalue weighted by Gasteiger charge is -1.92. The van der Waals surface area contributed by atoms with E-state index in [-0.39, 0.29) is 0 Å². The SMILES string of the molecule is NP(=O)(O)O[P+](=O)[O-]. The summed E-state index contributed by atoms with van der Waals surface area (Å²) < 4.78 is 22.4. The van der Waals surface area contributed by atoms with Crippen LogP contribution in [0.5, 0.6) is 0 Å². The predicted octanol–water partition coefficient (Wildman–Crippen LogP) is -0.920. The maximum Gasteiger partial charge on any atom is 0.498 e. The van der Waals surface area contributed by atoms with E-state index in [4.69, 9.17) is 4.89 Å². The minimum atomic E-state index is -4.32. The fraction of sp³-hybridized carbons (Fsp3) is 0. The van der Waals surface area contributed by atoms with Gasteiger partial charge >= 0.3 is 16.0 Å². The molecular weight excluding hydrogens is 156 g/mol. The molecule has 8 heteroatoms. The van der Waals surface area contributed by atoms with Crippen molar-refractivity contribution in [1.29, 1.82) is 0 Å². The van der Waals surface area contributed by atoms with Crippen molar-refractivity contribution < 1.29 is 23.2 Å². The Bertz CT molecular complexity index is 133. The van der Waals surface area contributed by atoms with E-state index in [1.165, 1.54) is 0 Å². The Labute approximate surface area is 45.8 Å². The Kier molecular flexibility index (Phi) is 2.70. The molecule has 8 heavy (non-hydrogen) atoms. The highest BCUT2D eigenvalue weighted by Crippen LogP contribution is 2.39. The molecule has 3 N–H and O–H groups in total. The molecule has 0 radical (unpaired) electrons. The molecule has 6 nitrogen and oxygen atoms in total. The monoisotopic (exact) mass is 159 g/mol. The molecule has 0 aliphatic carbocycles. The van der Waals surface area contributed by atoms with Gasteiger partial charge < -0.3 is 9.79 Å². The molecule has 0 rings (SSSR count). The molecule has 0 saturated heterocycles. The summed E-state index contributed by atoms with van der Waals surface area (Å²) in [5.41, 5.74) is 4.24. The number of hydrogen-bond acceptors (Lipinski definition) is 4. The number of hydrogen-bond donors (Lipinski definition) is 2. The maximum atomic E-state index is 9.75. The molecule has 0 fully saturated rings. The van der Waals surface area contributed by atoms with E-state index in [0.29, 0.717) is 0 Å². The molecule has 48 valence electrons. The molecule has 0 aromatic carbocycles. The highest BCUT2D eigenvalue weighted by molar-refractivity contribution is 7.57. The molecule has 2 unspecified atom stereocenters. The van der Waals surface area contributed by atoms with Crippen molar-refractivity contribution in [2.45, 2.75) is 0 Å². The summed E-state index contributed by atoms with van der Waals surface area (Å²) in [6.45, 7) is 0. The molecule has 0 aliphatic heterocycles. The van der Waals surface area contributed by atoms with Gasteiger partial charge in [-0.25, -0.2) is 10.1 Å². The van der Waals surface area contributed by atoms with Crippen LogP contribution in [0.4, 0.5) is 0 Å².